The summed E-state index contributed by atoms with van der Waals surface area (Å²) in [5.74, 6) is 0. The molecule has 6 bridgehead atoms. The second kappa shape index (κ2) is 11.1. The molecule has 1 fully saturated rings. The van der Waals surface area contributed by atoms with Gasteiger partial charge in [0.2, 0.25) is 0 Å². The maximum Gasteiger partial charge on any atom is 0.252 e. The average molecular weight is 732 g/mol. The number of rotatable bonds is 1. The van der Waals surface area contributed by atoms with E-state index >= 15 is 0 Å². The van der Waals surface area contributed by atoms with Gasteiger partial charge in [0.25, 0.3) is 6.71 Å². The molecule has 0 N–H and O–H groups in total. The fourth-order valence-electron chi connectivity index (χ4n) is 11.6. The third-order valence-corrected chi connectivity index (χ3v) is 18.2. The number of hydrogen-bond acceptors (Lipinski definition) is 3. The summed E-state index contributed by atoms with van der Waals surface area (Å²) in [6.07, 6.45) is 4.99. The molecule has 6 aromatic carbocycles. The van der Waals surface area contributed by atoms with Gasteiger partial charge in [0.15, 0.2) is 0 Å². The lowest BCUT2D eigenvalue weighted by molar-refractivity contribution is 0.193. The number of hydrogen-bond donors (Lipinski definition) is 0. The molecule has 0 amide bonds. The summed E-state index contributed by atoms with van der Waals surface area (Å²) in [6.45, 7) is 17.7. The van der Waals surface area contributed by atoms with Crippen LogP contribution < -0.4 is 41.5 Å². The smallest absolute Gasteiger partial charge is 0.252 e. The van der Waals surface area contributed by atoms with E-state index in [2.05, 4.69) is 190 Å². The summed E-state index contributed by atoms with van der Waals surface area (Å²) in [6, 6.07) is 49.4. The van der Waals surface area contributed by atoms with E-state index in [4.69, 9.17) is 0 Å². The Bertz CT molecular complexity index is 2590. The van der Waals surface area contributed by atoms with E-state index in [1.165, 1.54) is 104 Å². The van der Waals surface area contributed by atoms with E-state index in [1.54, 1.807) is 5.56 Å². The molecule has 55 heavy (non-hydrogen) atoms. The van der Waals surface area contributed by atoms with Crippen molar-refractivity contribution in [3.05, 3.63) is 139 Å². The minimum absolute atomic E-state index is 0.00573. The fraction of sp³-hybridized carbons (Fsp3) is 0.280. The van der Waals surface area contributed by atoms with Gasteiger partial charge in [-0.2, -0.15) is 0 Å². The van der Waals surface area contributed by atoms with E-state index in [1.807, 2.05) is 0 Å². The van der Waals surface area contributed by atoms with Crippen LogP contribution in [0.25, 0.3) is 0 Å². The Labute approximate surface area is 328 Å². The topological polar surface area (TPSA) is 9.72 Å². The molecule has 11 rings (SSSR count). The molecule has 1 aliphatic carbocycles. The third-order valence-electron chi connectivity index (χ3n) is 14.7. The van der Waals surface area contributed by atoms with E-state index in [-0.39, 0.29) is 23.1 Å². The third kappa shape index (κ3) is 4.28. The van der Waals surface area contributed by atoms with Crippen molar-refractivity contribution in [2.24, 2.45) is 0 Å². The molecular weight excluding hydrogens is 681 g/mol. The number of anilines is 8. The van der Waals surface area contributed by atoms with Gasteiger partial charge in [0.1, 0.15) is 8.07 Å². The molecule has 6 aromatic rings. The Morgan fingerprint density at radius 1 is 0.582 bits per heavy atom. The maximum atomic E-state index is 2.87. The molecule has 5 heteroatoms. The van der Waals surface area contributed by atoms with E-state index in [0.717, 1.165) is 0 Å². The first kappa shape index (κ1) is 33.3. The van der Waals surface area contributed by atoms with Crippen molar-refractivity contribution in [2.45, 2.75) is 89.8 Å². The minimum Gasteiger partial charge on any atom is -0.335 e. The lowest BCUT2D eigenvalue weighted by Crippen LogP contribution is -2.64. The van der Waals surface area contributed by atoms with Crippen LogP contribution in [-0.2, 0) is 10.8 Å². The first-order valence-electron chi connectivity index (χ1n) is 20.5. The van der Waals surface area contributed by atoms with E-state index < -0.39 is 8.07 Å². The van der Waals surface area contributed by atoms with Crippen LogP contribution in [0.1, 0.15) is 71.4 Å². The summed E-state index contributed by atoms with van der Waals surface area (Å²) in [4.78, 5) is 8.02. The largest absolute Gasteiger partial charge is 0.335 e. The summed E-state index contributed by atoms with van der Waals surface area (Å²) in [7, 11) is -2.11. The highest BCUT2D eigenvalue weighted by molar-refractivity contribution is 7.01. The molecule has 2 unspecified atom stereocenters. The number of benzene rings is 6. The average Bonchev–Trinajstić information content (AvgIpc) is 3.40. The van der Waals surface area contributed by atoms with Crippen molar-refractivity contribution in [2.75, 3.05) is 14.7 Å². The first-order chi connectivity index (χ1) is 26.4. The van der Waals surface area contributed by atoms with Gasteiger partial charge in [0.05, 0.1) is 5.54 Å². The molecule has 0 aromatic heterocycles. The number of nitrogens with zero attached hydrogens (tertiary/aromatic N) is 3. The zero-order valence-electron chi connectivity index (χ0n) is 33.4. The van der Waals surface area contributed by atoms with Gasteiger partial charge in [0, 0.05) is 50.9 Å². The molecule has 4 aliphatic heterocycles. The Balaban J connectivity index is 1.30. The predicted octanol–water partition coefficient (Wildman–Crippen LogP) is 9.94. The molecular formula is C50H50BN3Si. The van der Waals surface area contributed by atoms with Crippen molar-refractivity contribution in [1.82, 2.24) is 0 Å². The van der Waals surface area contributed by atoms with Gasteiger partial charge in [-0.3, -0.25) is 0 Å². The van der Waals surface area contributed by atoms with Gasteiger partial charge in [-0.05, 0) is 113 Å². The number of fused-ring (bicyclic) bond motifs is 14. The lowest BCUT2D eigenvalue weighted by Gasteiger charge is -2.52. The quantitative estimate of drug-likeness (QED) is 0.156. The standard InChI is InChI=1S/C50H50BN3Si/c1-48(2,3)39-32-44-46-47-45(39)49(4)27-13-14-28-50(49,5)54(47)42-24-12-11-23-40(42)51(46)41-26-25-36-31-43(41)53(44)35-20-16-22-38(30-35)55(6,7)37-21-15-19-34(29-37)52(36)33-17-9-8-10-18-33/h8-12,15-26,29-32H,13-14,27-28H2,1-7H3. The van der Waals surface area contributed by atoms with Crippen molar-refractivity contribution in [1.29, 1.82) is 0 Å². The highest BCUT2D eigenvalue weighted by atomic mass is 28.3. The predicted molar refractivity (Wildman–Crippen MR) is 239 cm³/mol. The van der Waals surface area contributed by atoms with Crippen LogP contribution >= 0.6 is 0 Å². The van der Waals surface area contributed by atoms with Gasteiger partial charge in [-0.15, -0.1) is 0 Å². The fourth-order valence-corrected chi connectivity index (χ4v) is 14.0. The molecule has 2 atom stereocenters. The maximum absolute atomic E-state index is 2.87. The van der Waals surface area contributed by atoms with Crippen LogP contribution in [-0.4, -0.2) is 20.3 Å². The summed E-state index contributed by atoms with van der Waals surface area (Å²) < 4.78 is 0. The second-order valence-corrected chi connectivity index (χ2v) is 23.4. The molecule has 272 valence electrons. The summed E-state index contributed by atoms with van der Waals surface area (Å²) in [5.41, 5.74) is 17.8. The van der Waals surface area contributed by atoms with Crippen molar-refractivity contribution in [3.8, 4) is 0 Å². The molecule has 0 radical (unpaired) electrons. The highest BCUT2D eigenvalue weighted by Gasteiger charge is 2.63. The normalized spacial score (nSPS) is 22.3. The second-order valence-electron chi connectivity index (χ2n) is 18.9. The van der Waals surface area contributed by atoms with Crippen LogP contribution in [0.5, 0.6) is 0 Å². The van der Waals surface area contributed by atoms with Gasteiger partial charge in [-0.25, -0.2) is 0 Å². The van der Waals surface area contributed by atoms with E-state index in [9.17, 15) is 0 Å². The lowest BCUT2D eigenvalue weighted by atomic mass is 9.33. The Morgan fingerprint density at radius 2 is 1.20 bits per heavy atom. The molecule has 5 aliphatic rings. The van der Waals surface area contributed by atoms with Crippen LogP contribution in [0.2, 0.25) is 13.1 Å². The number of para-hydroxylation sites is 2. The molecule has 3 nitrogen and oxygen atoms in total. The van der Waals surface area contributed by atoms with Crippen LogP contribution in [0.3, 0.4) is 0 Å². The van der Waals surface area contributed by atoms with Gasteiger partial charge in [-0.1, -0.05) is 131 Å². The molecule has 1 saturated carbocycles. The minimum atomic E-state index is -2.11. The Hall–Kier alpha value is -5.00. The zero-order chi connectivity index (χ0) is 37.6. The Kier molecular flexibility index (Phi) is 6.71. The Morgan fingerprint density at radius 3 is 1.93 bits per heavy atom. The van der Waals surface area contributed by atoms with Crippen molar-refractivity contribution < 1.29 is 0 Å². The van der Waals surface area contributed by atoms with Crippen LogP contribution in [0.4, 0.5) is 45.5 Å². The van der Waals surface area contributed by atoms with Crippen molar-refractivity contribution in [3.63, 3.8) is 0 Å². The highest BCUT2D eigenvalue weighted by Crippen LogP contribution is 2.64. The van der Waals surface area contributed by atoms with Gasteiger partial charge < -0.3 is 14.7 Å². The SMILES string of the molecule is CC(C)(C)c1cc2c3c4c1C1(C)CCCCC1(C)N4c1ccccc1B3c1ccc3cc1N2c1cccc(c1)[Si](C)(C)c1cccc(c1)N3c1ccccc1. The monoisotopic (exact) mass is 731 g/mol. The first-order valence-corrected chi connectivity index (χ1v) is 23.5. The molecule has 4 heterocycles. The molecule has 0 spiro atoms. The van der Waals surface area contributed by atoms with E-state index in [0.29, 0.717) is 0 Å². The van der Waals surface area contributed by atoms with Gasteiger partial charge >= 0.3 is 0 Å². The summed E-state index contributed by atoms with van der Waals surface area (Å²) in [5, 5.41) is 2.90. The van der Waals surface area contributed by atoms with Crippen LogP contribution in [0, 0.1) is 0 Å². The summed E-state index contributed by atoms with van der Waals surface area (Å²) >= 11 is 0. The van der Waals surface area contributed by atoms with Crippen molar-refractivity contribution >= 4 is 87.0 Å². The van der Waals surface area contributed by atoms with Crippen LogP contribution in [0.15, 0.2) is 127 Å². The molecule has 0 saturated heterocycles. The zero-order valence-corrected chi connectivity index (χ0v) is 34.4.